The average Bonchev–Trinajstić information content (AvgIpc) is 2.70. The summed E-state index contributed by atoms with van der Waals surface area (Å²) in [5.41, 5.74) is 6.64. The highest BCUT2D eigenvalue weighted by atomic mass is 32.1. The number of aromatic nitrogens is 2. The van der Waals surface area contributed by atoms with Crippen molar-refractivity contribution < 1.29 is 4.52 Å². The number of nitrogens with two attached hydrogens (primary N) is 1. The third-order valence-electron chi connectivity index (χ3n) is 2.86. The Balaban J connectivity index is 2.01. The minimum absolute atomic E-state index is 0.147. The van der Waals surface area contributed by atoms with Crippen molar-refractivity contribution in [1.82, 2.24) is 10.1 Å². The van der Waals surface area contributed by atoms with E-state index in [0.717, 1.165) is 23.5 Å². The molecule has 5 heteroatoms. The van der Waals surface area contributed by atoms with E-state index in [0.29, 0.717) is 11.6 Å². The first-order valence-electron chi connectivity index (χ1n) is 4.87. The normalized spacial score (nSPS) is 17.9. The second kappa shape index (κ2) is 2.82. The van der Waals surface area contributed by atoms with Gasteiger partial charge in [-0.05, 0) is 24.3 Å². The SMILES string of the molecule is CC1(c2noc(-c3sccc3N)n2)CC1. The van der Waals surface area contributed by atoms with Crippen molar-refractivity contribution in [3.63, 3.8) is 0 Å². The lowest BCUT2D eigenvalue weighted by molar-refractivity contribution is 0.416. The van der Waals surface area contributed by atoms with Gasteiger partial charge in [-0.2, -0.15) is 4.98 Å². The molecule has 2 heterocycles. The Morgan fingerprint density at radius 1 is 1.53 bits per heavy atom. The molecule has 1 aliphatic carbocycles. The van der Waals surface area contributed by atoms with E-state index in [2.05, 4.69) is 17.1 Å². The molecule has 4 nitrogen and oxygen atoms in total. The van der Waals surface area contributed by atoms with Crippen LogP contribution in [0.25, 0.3) is 10.8 Å². The maximum Gasteiger partial charge on any atom is 0.270 e. The van der Waals surface area contributed by atoms with E-state index in [1.807, 2.05) is 11.4 Å². The highest BCUT2D eigenvalue weighted by molar-refractivity contribution is 7.14. The quantitative estimate of drug-likeness (QED) is 0.845. The molecule has 0 radical (unpaired) electrons. The zero-order valence-electron chi connectivity index (χ0n) is 8.36. The van der Waals surface area contributed by atoms with Crippen LogP contribution in [-0.2, 0) is 5.41 Å². The molecule has 0 atom stereocenters. The van der Waals surface area contributed by atoms with E-state index < -0.39 is 0 Å². The van der Waals surface area contributed by atoms with Crippen LogP contribution < -0.4 is 5.73 Å². The van der Waals surface area contributed by atoms with E-state index in [9.17, 15) is 0 Å². The van der Waals surface area contributed by atoms with Crippen LogP contribution >= 0.6 is 11.3 Å². The maximum atomic E-state index is 5.79. The van der Waals surface area contributed by atoms with Gasteiger partial charge in [0, 0.05) is 5.41 Å². The fraction of sp³-hybridized carbons (Fsp3) is 0.400. The molecule has 0 amide bonds. The minimum atomic E-state index is 0.147. The molecule has 15 heavy (non-hydrogen) atoms. The maximum absolute atomic E-state index is 5.79. The van der Waals surface area contributed by atoms with Crippen LogP contribution in [0.5, 0.6) is 0 Å². The number of thiophene rings is 1. The first kappa shape index (κ1) is 8.91. The molecule has 1 saturated carbocycles. The summed E-state index contributed by atoms with van der Waals surface area (Å²) in [5.74, 6) is 1.36. The van der Waals surface area contributed by atoms with Crippen LogP contribution in [0.1, 0.15) is 25.6 Å². The van der Waals surface area contributed by atoms with Crippen molar-refractivity contribution in [1.29, 1.82) is 0 Å². The summed E-state index contributed by atoms with van der Waals surface area (Å²) < 4.78 is 5.23. The summed E-state index contributed by atoms with van der Waals surface area (Å²) >= 11 is 1.53. The number of nitrogen functional groups attached to an aromatic ring is 1. The Morgan fingerprint density at radius 3 is 2.93 bits per heavy atom. The van der Waals surface area contributed by atoms with Crippen LogP contribution in [-0.4, -0.2) is 10.1 Å². The number of anilines is 1. The topological polar surface area (TPSA) is 64.9 Å². The first-order valence-corrected chi connectivity index (χ1v) is 5.74. The number of nitrogens with zero attached hydrogens (tertiary/aromatic N) is 2. The number of hydrogen-bond donors (Lipinski definition) is 1. The lowest BCUT2D eigenvalue weighted by Crippen LogP contribution is -2.01. The van der Waals surface area contributed by atoms with Gasteiger partial charge in [-0.1, -0.05) is 12.1 Å². The van der Waals surface area contributed by atoms with Crippen LogP contribution in [0.3, 0.4) is 0 Å². The summed E-state index contributed by atoms with van der Waals surface area (Å²) in [6.07, 6.45) is 2.29. The molecule has 0 aromatic carbocycles. The van der Waals surface area contributed by atoms with Gasteiger partial charge < -0.3 is 10.3 Å². The summed E-state index contributed by atoms with van der Waals surface area (Å²) in [5, 5.41) is 5.94. The van der Waals surface area contributed by atoms with Gasteiger partial charge in [-0.15, -0.1) is 11.3 Å². The van der Waals surface area contributed by atoms with Gasteiger partial charge in [0.2, 0.25) is 0 Å². The van der Waals surface area contributed by atoms with Crippen LogP contribution in [0, 0.1) is 0 Å². The van der Waals surface area contributed by atoms with Gasteiger partial charge in [-0.25, -0.2) is 0 Å². The van der Waals surface area contributed by atoms with Crippen molar-refractivity contribution >= 4 is 17.0 Å². The second-order valence-corrected chi connectivity index (χ2v) is 5.10. The molecule has 3 rings (SSSR count). The standard InChI is InChI=1S/C10H11N3OS/c1-10(3-4-10)9-12-8(14-13-9)7-6(11)2-5-15-7/h2,5H,3-4,11H2,1H3. The molecule has 1 fully saturated rings. The zero-order valence-corrected chi connectivity index (χ0v) is 9.17. The van der Waals surface area contributed by atoms with Crippen molar-refractivity contribution in [2.24, 2.45) is 0 Å². The van der Waals surface area contributed by atoms with Gasteiger partial charge in [-0.3, -0.25) is 0 Å². The highest BCUT2D eigenvalue weighted by Gasteiger charge is 2.43. The van der Waals surface area contributed by atoms with E-state index in [1.54, 1.807) is 0 Å². The average molecular weight is 221 g/mol. The Bertz CT molecular complexity index is 498. The fourth-order valence-corrected chi connectivity index (χ4v) is 2.20. The van der Waals surface area contributed by atoms with Gasteiger partial charge in [0.25, 0.3) is 5.89 Å². The molecule has 0 saturated heterocycles. The van der Waals surface area contributed by atoms with E-state index in [4.69, 9.17) is 10.3 Å². The molecule has 1 aliphatic rings. The van der Waals surface area contributed by atoms with Crippen LogP contribution in [0.2, 0.25) is 0 Å². The molecule has 2 aromatic rings. The summed E-state index contributed by atoms with van der Waals surface area (Å²) in [7, 11) is 0. The Hall–Kier alpha value is -1.36. The molecule has 2 N–H and O–H groups in total. The van der Waals surface area contributed by atoms with E-state index in [1.165, 1.54) is 11.3 Å². The Kier molecular flexibility index (Phi) is 1.68. The predicted molar refractivity (Wildman–Crippen MR) is 58.6 cm³/mol. The summed E-state index contributed by atoms with van der Waals surface area (Å²) in [4.78, 5) is 5.27. The predicted octanol–water partition coefficient (Wildman–Crippen LogP) is 2.43. The van der Waals surface area contributed by atoms with Crippen LogP contribution in [0.15, 0.2) is 16.0 Å². The zero-order chi connectivity index (χ0) is 10.5. The highest BCUT2D eigenvalue weighted by Crippen LogP contribution is 2.46. The molecule has 0 spiro atoms. The van der Waals surface area contributed by atoms with Gasteiger partial charge in [0.1, 0.15) is 4.88 Å². The third-order valence-corrected chi connectivity index (χ3v) is 3.77. The lowest BCUT2D eigenvalue weighted by atomic mass is 10.1. The van der Waals surface area contributed by atoms with Gasteiger partial charge >= 0.3 is 0 Å². The summed E-state index contributed by atoms with van der Waals surface area (Å²) in [6, 6.07) is 1.85. The second-order valence-electron chi connectivity index (χ2n) is 4.19. The molecule has 2 aromatic heterocycles. The molecular formula is C10H11N3OS. The van der Waals surface area contributed by atoms with E-state index >= 15 is 0 Å². The first-order chi connectivity index (χ1) is 7.19. The van der Waals surface area contributed by atoms with E-state index in [-0.39, 0.29) is 5.41 Å². The molecule has 0 unspecified atom stereocenters. The molecule has 0 bridgehead atoms. The van der Waals surface area contributed by atoms with Crippen molar-refractivity contribution in [2.75, 3.05) is 5.73 Å². The number of hydrogen-bond acceptors (Lipinski definition) is 5. The Labute approximate surface area is 91.1 Å². The molecular weight excluding hydrogens is 210 g/mol. The number of rotatable bonds is 2. The Morgan fingerprint density at radius 2 is 2.33 bits per heavy atom. The lowest BCUT2D eigenvalue weighted by Gasteiger charge is -1.96. The van der Waals surface area contributed by atoms with Crippen molar-refractivity contribution in [3.05, 3.63) is 17.3 Å². The van der Waals surface area contributed by atoms with Crippen molar-refractivity contribution in [2.45, 2.75) is 25.2 Å². The van der Waals surface area contributed by atoms with Crippen molar-refractivity contribution in [3.8, 4) is 10.8 Å². The fourth-order valence-electron chi connectivity index (χ4n) is 1.46. The molecule has 78 valence electrons. The minimum Gasteiger partial charge on any atom is -0.397 e. The largest absolute Gasteiger partial charge is 0.397 e. The van der Waals surface area contributed by atoms with Gasteiger partial charge in [0.15, 0.2) is 5.82 Å². The monoisotopic (exact) mass is 221 g/mol. The third kappa shape index (κ3) is 1.34. The molecule has 0 aliphatic heterocycles. The smallest absolute Gasteiger partial charge is 0.270 e. The van der Waals surface area contributed by atoms with Gasteiger partial charge in [0.05, 0.1) is 5.69 Å². The summed E-state index contributed by atoms with van der Waals surface area (Å²) in [6.45, 7) is 2.15. The van der Waals surface area contributed by atoms with Crippen LogP contribution in [0.4, 0.5) is 5.69 Å².